The molecule has 0 unspecified atom stereocenters. The monoisotopic (exact) mass is 134 g/mol. The molecule has 0 fully saturated rings. The first-order valence-corrected chi connectivity index (χ1v) is 3.03. The second-order valence-corrected chi connectivity index (χ2v) is 2.13. The van der Waals surface area contributed by atoms with E-state index in [1.165, 1.54) is 6.26 Å². The number of rotatable bonds is 0. The molecule has 2 aromatic rings. The van der Waals surface area contributed by atoms with E-state index >= 15 is 0 Å². The standard InChI is InChI=1S/C8H6O2/c9-8-7-4-2-1-3-6(7)5-10-8/h1-5,9H. The summed E-state index contributed by atoms with van der Waals surface area (Å²) in [6.07, 6.45) is 1.53. The third-order valence-electron chi connectivity index (χ3n) is 1.49. The van der Waals surface area contributed by atoms with Crippen LogP contribution in [0.5, 0.6) is 5.95 Å². The van der Waals surface area contributed by atoms with E-state index in [9.17, 15) is 0 Å². The van der Waals surface area contributed by atoms with Gasteiger partial charge in [-0.2, -0.15) is 0 Å². The summed E-state index contributed by atoms with van der Waals surface area (Å²) in [5, 5.41) is 10.7. The Balaban J connectivity index is 2.93. The molecule has 1 N–H and O–H groups in total. The van der Waals surface area contributed by atoms with Crippen LogP contribution in [0.4, 0.5) is 0 Å². The second kappa shape index (κ2) is 1.77. The Labute approximate surface area is 57.7 Å². The third-order valence-corrected chi connectivity index (χ3v) is 1.49. The maximum absolute atomic E-state index is 9.04. The van der Waals surface area contributed by atoms with Crippen molar-refractivity contribution in [3.63, 3.8) is 0 Å². The van der Waals surface area contributed by atoms with Gasteiger partial charge in [-0.05, 0) is 6.07 Å². The summed E-state index contributed by atoms with van der Waals surface area (Å²) in [5.41, 5.74) is 0. The molecule has 2 rings (SSSR count). The Morgan fingerprint density at radius 2 is 2.00 bits per heavy atom. The van der Waals surface area contributed by atoms with Gasteiger partial charge in [0.05, 0.1) is 5.39 Å². The summed E-state index contributed by atoms with van der Waals surface area (Å²) in [6, 6.07) is 7.46. The van der Waals surface area contributed by atoms with Crippen molar-refractivity contribution in [1.82, 2.24) is 0 Å². The van der Waals surface area contributed by atoms with Gasteiger partial charge >= 0.3 is 0 Å². The van der Waals surface area contributed by atoms with Crippen molar-refractivity contribution in [2.24, 2.45) is 0 Å². The van der Waals surface area contributed by atoms with Crippen LogP contribution in [0.15, 0.2) is 34.9 Å². The largest absolute Gasteiger partial charge is 0.480 e. The molecule has 2 nitrogen and oxygen atoms in total. The number of hydrogen-bond donors (Lipinski definition) is 1. The van der Waals surface area contributed by atoms with Gasteiger partial charge in [0.15, 0.2) is 0 Å². The Kier molecular flexibility index (Phi) is 0.947. The fourth-order valence-corrected chi connectivity index (χ4v) is 0.977. The lowest BCUT2D eigenvalue weighted by molar-refractivity contribution is 0.338. The molecule has 50 valence electrons. The molecule has 2 heteroatoms. The number of benzene rings is 1. The molecule has 0 spiro atoms. The minimum absolute atomic E-state index is 0.00407. The lowest BCUT2D eigenvalue weighted by Crippen LogP contribution is -1.60. The van der Waals surface area contributed by atoms with Crippen LogP contribution in [0.2, 0.25) is 0 Å². The summed E-state index contributed by atoms with van der Waals surface area (Å²) in [6.45, 7) is 0. The number of aromatic hydroxyl groups is 1. The maximum atomic E-state index is 9.04. The molecule has 0 radical (unpaired) electrons. The molecule has 1 heterocycles. The lowest BCUT2D eigenvalue weighted by atomic mass is 10.2. The minimum atomic E-state index is -0.00407. The zero-order chi connectivity index (χ0) is 6.97. The predicted molar refractivity (Wildman–Crippen MR) is 37.9 cm³/mol. The Morgan fingerprint density at radius 1 is 1.20 bits per heavy atom. The Hall–Kier alpha value is -1.44. The van der Waals surface area contributed by atoms with Crippen LogP contribution in [0.25, 0.3) is 10.8 Å². The molecule has 0 saturated heterocycles. The molecular formula is C8H6O2. The van der Waals surface area contributed by atoms with Crippen LogP contribution in [0.3, 0.4) is 0 Å². The summed E-state index contributed by atoms with van der Waals surface area (Å²) in [5.74, 6) is -0.00407. The molecule has 0 aliphatic heterocycles. The SMILES string of the molecule is Oc1occ2ccccc12. The zero-order valence-electron chi connectivity index (χ0n) is 5.24. The van der Waals surface area contributed by atoms with E-state index < -0.39 is 0 Å². The topological polar surface area (TPSA) is 33.4 Å². The van der Waals surface area contributed by atoms with Gasteiger partial charge in [-0.25, -0.2) is 0 Å². The van der Waals surface area contributed by atoms with Gasteiger partial charge in [0.25, 0.3) is 5.95 Å². The van der Waals surface area contributed by atoms with Crippen LogP contribution < -0.4 is 0 Å². The molecule has 0 saturated carbocycles. The van der Waals surface area contributed by atoms with E-state index in [2.05, 4.69) is 0 Å². The summed E-state index contributed by atoms with van der Waals surface area (Å²) in [7, 11) is 0. The van der Waals surface area contributed by atoms with E-state index in [1.807, 2.05) is 24.3 Å². The first kappa shape index (κ1) is 5.35. The van der Waals surface area contributed by atoms with Crippen molar-refractivity contribution in [2.45, 2.75) is 0 Å². The van der Waals surface area contributed by atoms with E-state index in [1.54, 1.807) is 0 Å². The number of furan rings is 1. The fourth-order valence-electron chi connectivity index (χ4n) is 0.977. The van der Waals surface area contributed by atoms with E-state index in [0.717, 1.165) is 10.8 Å². The first-order valence-electron chi connectivity index (χ1n) is 3.03. The second-order valence-electron chi connectivity index (χ2n) is 2.13. The van der Waals surface area contributed by atoms with Crippen molar-refractivity contribution in [3.8, 4) is 5.95 Å². The van der Waals surface area contributed by atoms with Crippen molar-refractivity contribution in [1.29, 1.82) is 0 Å². The highest BCUT2D eigenvalue weighted by molar-refractivity contribution is 5.85. The van der Waals surface area contributed by atoms with Crippen molar-refractivity contribution < 1.29 is 9.52 Å². The summed E-state index contributed by atoms with van der Waals surface area (Å²) < 4.78 is 4.77. The highest BCUT2D eigenvalue weighted by atomic mass is 16.5. The minimum Gasteiger partial charge on any atom is -0.480 e. The molecule has 0 aliphatic carbocycles. The molecule has 0 aliphatic rings. The highest BCUT2D eigenvalue weighted by Crippen LogP contribution is 2.25. The predicted octanol–water partition coefficient (Wildman–Crippen LogP) is 2.14. The van der Waals surface area contributed by atoms with E-state index in [0.29, 0.717) is 0 Å². The number of hydrogen-bond acceptors (Lipinski definition) is 2. The molecule has 0 atom stereocenters. The first-order chi connectivity index (χ1) is 4.88. The molecular weight excluding hydrogens is 128 g/mol. The summed E-state index contributed by atoms with van der Waals surface area (Å²) in [4.78, 5) is 0. The average Bonchev–Trinajstić information content (AvgIpc) is 2.34. The third kappa shape index (κ3) is 0.589. The lowest BCUT2D eigenvalue weighted by Gasteiger charge is -1.83. The smallest absolute Gasteiger partial charge is 0.289 e. The van der Waals surface area contributed by atoms with Crippen molar-refractivity contribution in [2.75, 3.05) is 0 Å². The van der Waals surface area contributed by atoms with Gasteiger partial charge in [-0.15, -0.1) is 0 Å². The quantitative estimate of drug-likeness (QED) is 0.598. The molecule has 1 aromatic carbocycles. The average molecular weight is 134 g/mol. The molecule has 1 aromatic heterocycles. The molecule has 0 bridgehead atoms. The van der Waals surface area contributed by atoms with Crippen LogP contribution >= 0.6 is 0 Å². The number of fused-ring (bicyclic) bond motifs is 1. The van der Waals surface area contributed by atoms with Crippen LogP contribution in [-0.2, 0) is 0 Å². The van der Waals surface area contributed by atoms with Gasteiger partial charge in [0, 0.05) is 5.39 Å². The Morgan fingerprint density at radius 3 is 2.80 bits per heavy atom. The van der Waals surface area contributed by atoms with Crippen LogP contribution in [-0.4, -0.2) is 5.11 Å². The highest BCUT2D eigenvalue weighted by Gasteiger charge is 2.00. The van der Waals surface area contributed by atoms with Gasteiger partial charge in [0.2, 0.25) is 0 Å². The van der Waals surface area contributed by atoms with Gasteiger partial charge < -0.3 is 9.52 Å². The maximum Gasteiger partial charge on any atom is 0.289 e. The van der Waals surface area contributed by atoms with Gasteiger partial charge in [-0.1, -0.05) is 18.2 Å². The normalized spacial score (nSPS) is 10.4. The van der Waals surface area contributed by atoms with Crippen LogP contribution in [0, 0.1) is 0 Å². The van der Waals surface area contributed by atoms with Gasteiger partial charge in [0.1, 0.15) is 6.26 Å². The Bertz CT molecular complexity index is 349. The van der Waals surface area contributed by atoms with Gasteiger partial charge in [-0.3, -0.25) is 0 Å². The van der Waals surface area contributed by atoms with Crippen LogP contribution in [0.1, 0.15) is 0 Å². The van der Waals surface area contributed by atoms with E-state index in [4.69, 9.17) is 9.52 Å². The fraction of sp³-hybridized carbons (Fsp3) is 0. The molecule has 10 heavy (non-hydrogen) atoms. The van der Waals surface area contributed by atoms with Crippen molar-refractivity contribution >= 4 is 10.8 Å². The summed E-state index contributed by atoms with van der Waals surface area (Å²) >= 11 is 0. The zero-order valence-corrected chi connectivity index (χ0v) is 5.24. The molecule has 0 amide bonds. The van der Waals surface area contributed by atoms with Crippen molar-refractivity contribution in [3.05, 3.63) is 30.5 Å². The van der Waals surface area contributed by atoms with E-state index in [-0.39, 0.29) is 5.95 Å².